The van der Waals surface area contributed by atoms with Crippen LogP contribution in [0.1, 0.15) is 18.4 Å². The van der Waals surface area contributed by atoms with Crippen LogP contribution in [-0.4, -0.2) is 25.6 Å². The second-order valence-corrected chi connectivity index (χ2v) is 4.32. The third-order valence-corrected chi connectivity index (χ3v) is 3.07. The molecule has 1 heterocycles. The van der Waals surface area contributed by atoms with Crippen LogP contribution in [0.5, 0.6) is 5.75 Å². The minimum absolute atomic E-state index is 0. The Morgan fingerprint density at radius 2 is 2.28 bits per heavy atom. The van der Waals surface area contributed by atoms with Gasteiger partial charge in [0, 0.05) is 5.69 Å². The standard InChI is InChI=1S/C13H18N2O2.ClH/c1-9-8-10(17-2)5-6-11(9)15-13(16)12-4-3-7-14-12;/h5-6,8,12,14H,3-4,7H2,1-2H3,(H,15,16);1H/t12-;/m0./s1. The quantitative estimate of drug-likeness (QED) is 0.885. The Hall–Kier alpha value is -1.26. The topological polar surface area (TPSA) is 50.4 Å². The molecular weight excluding hydrogens is 252 g/mol. The van der Waals surface area contributed by atoms with Crippen LogP contribution in [-0.2, 0) is 4.79 Å². The molecule has 0 aliphatic carbocycles. The van der Waals surface area contributed by atoms with Gasteiger partial charge in [-0.25, -0.2) is 0 Å². The van der Waals surface area contributed by atoms with E-state index in [1.807, 2.05) is 25.1 Å². The normalized spacial score (nSPS) is 18.0. The third-order valence-electron chi connectivity index (χ3n) is 3.07. The molecule has 1 aliphatic heterocycles. The Morgan fingerprint density at radius 3 is 2.83 bits per heavy atom. The second kappa shape index (κ2) is 6.61. The fourth-order valence-electron chi connectivity index (χ4n) is 2.03. The van der Waals surface area contributed by atoms with Crippen molar-refractivity contribution in [3.8, 4) is 5.75 Å². The van der Waals surface area contributed by atoms with Crippen molar-refractivity contribution in [2.75, 3.05) is 19.0 Å². The summed E-state index contributed by atoms with van der Waals surface area (Å²) in [4.78, 5) is 11.9. The molecule has 0 unspecified atom stereocenters. The predicted molar refractivity (Wildman–Crippen MR) is 74.6 cm³/mol. The summed E-state index contributed by atoms with van der Waals surface area (Å²) in [7, 11) is 1.63. The molecule has 2 N–H and O–H groups in total. The molecule has 5 heteroatoms. The molecule has 0 spiro atoms. The average Bonchev–Trinajstić information content (AvgIpc) is 2.85. The fourth-order valence-corrected chi connectivity index (χ4v) is 2.03. The van der Waals surface area contributed by atoms with Crippen molar-refractivity contribution in [1.29, 1.82) is 0 Å². The first-order valence-electron chi connectivity index (χ1n) is 5.89. The molecule has 1 aliphatic rings. The fraction of sp³-hybridized carbons (Fsp3) is 0.462. The molecule has 1 atom stereocenters. The van der Waals surface area contributed by atoms with Crippen LogP contribution in [0, 0.1) is 6.92 Å². The van der Waals surface area contributed by atoms with Crippen molar-refractivity contribution in [3.05, 3.63) is 23.8 Å². The highest BCUT2D eigenvalue weighted by Crippen LogP contribution is 2.21. The van der Waals surface area contributed by atoms with Crippen molar-refractivity contribution in [2.24, 2.45) is 0 Å². The van der Waals surface area contributed by atoms with E-state index in [0.717, 1.165) is 36.4 Å². The van der Waals surface area contributed by atoms with Gasteiger partial charge in [-0.2, -0.15) is 0 Å². The molecule has 1 aromatic rings. The smallest absolute Gasteiger partial charge is 0.241 e. The van der Waals surface area contributed by atoms with Gasteiger partial charge in [0.25, 0.3) is 0 Å². The van der Waals surface area contributed by atoms with E-state index in [9.17, 15) is 4.79 Å². The van der Waals surface area contributed by atoms with E-state index >= 15 is 0 Å². The number of methoxy groups -OCH3 is 1. The van der Waals surface area contributed by atoms with Crippen LogP contribution in [0.3, 0.4) is 0 Å². The summed E-state index contributed by atoms with van der Waals surface area (Å²) in [5.74, 6) is 0.857. The lowest BCUT2D eigenvalue weighted by Crippen LogP contribution is -2.35. The lowest BCUT2D eigenvalue weighted by atomic mass is 10.1. The highest BCUT2D eigenvalue weighted by molar-refractivity contribution is 5.95. The summed E-state index contributed by atoms with van der Waals surface area (Å²) < 4.78 is 5.13. The molecule has 0 radical (unpaired) electrons. The molecule has 1 aromatic carbocycles. The van der Waals surface area contributed by atoms with Crippen LogP contribution in [0.25, 0.3) is 0 Å². The van der Waals surface area contributed by atoms with Gasteiger partial charge in [0.15, 0.2) is 0 Å². The second-order valence-electron chi connectivity index (χ2n) is 4.32. The van der Waals surface area contributed by atoms with Gasteiger partial charge in [0.05, 0.1) is 13.2 Å². The van der Waals surface area contributed by atoms with E-state index in [4.69, 9.17) is 4.74 Å². The van der Waals surface area contributed by atoms with Crippen LogP contribution >= 0.6 is 12.4 Å². The summed E-state index contributed by atoms with van der Waals surface area (Å²) in [5.41, 5.74) is 1.86. The maximum absolute atomic E-state index is 11.9. The third kappa shape index (κ3) is 3.37. The number of carbonyl (C=O) groups excluding carboxylic acids is 1. The maximum Gasteiger partial charge on any atom is 0.241 e. The number of hydrogen-bond acceptors (Lipinski definition) is 3. The number of anilines is 1. The first-order valence-corrected chi connectivity index (χ1v) is 5.89. The minimum Gasteiger partial charge on any atom is -0.497 e. The van der Waals surface area contributed by atoms with Gasteiger partial charge in [0.2, 0.25) is 5.91 Å². The predicted octanol–water partition coefficient (Wildman–Crippen LogP) is 2.12. The number of amides is 1. The first kappa shape index (κ1) is 14.8. The number of rotatable bonds is 3. The van der Waals surface area contributed by atoms with Crippen molar-refractivity contribution in [3.63, 3.8) is 0 Å². The molecule has 0 bridgehead atoms. The van der Waals surface area contributed by atoms with E-state index < -0.39 is 0 Å². The molecule has 1 fully saturated rings. The highest BCUT2D eigenvalue weighted by Gasteiger charge is 2.22. The van der Waals surface area contributed by atoms with E-state index in [2.05, 4.69) is 10.6 Å². The number of aryl methyl sites for hydroxylation is 1. The molecule has 0 aromatic heterocycles. The Bertz CT molecular complexity index is 417. The molecule has 18 heavy (non-hydrogen) atoms. The number of ether oxygens (including phenoxy) is 1. The summed E-state index contributed by atoms with van der Waals surface area (Å²) >= 11 is 0. The van der Waals surface area contributed by atoms with Crippen molar-refractivity contribution in [2.45, 2.75) is 25.8 Å². The largest absolute Gasteiger partial charge is 0.497 e. The average molecular weight is 271 g/mol. The Morgan fingerprint density at radius 1 is 1.50 bits per heavy atom. The Balaban J connectivity index is 0.00000162. The number of hydrogen-bond donors (Lipinski definition) is 2. The molecular formula is C13H19ClN2O2. The Kier molecular flexibility index (Phi) is 5.44. The van der Waals surface area contributed by atoms with Gasteiger partial charge >= 0.3 is 0 Å². The van der Waals surface area contributed by atoms with Gasteiger partial charge in [-0.15, -0.1) is 12.4 Å². The van der Waals surface area contributed by atoms with Crippen LogP contribution in [0.15, 0.2) is 18.2 Å². The van der Waals surface area contributed by atoms with Gasteiger partial charge in [-0.1, -0.05) is 0 Å². The lowest BCUT2D eigenvalue weighted by Gasteiger charge is -2.13. The van der Waals surface area contributed by atoms with Crippen LogP contribution in [0.2, 0.25) is 0 Å². The van der Waals surface area contributed by atoms with Gasteiger partial charge < -0.3 is 15.4 Å². The van der Waals surface area contributed by atoms with Gasteiger partial charge in [-0.3, -0.25) is 4.79 Å². The minimum atomic E-state index is -0.0449. The zero-order valence-electron chi connectivity index (χ0n) is 10.7. The van der Waals surface area contributed by atoms with Crippen molar-refractivity contribution >= 4 is 24.0 Å². The van der Waals surface area contributed by atoms with E-state index in [1.54, 1.807) is 7.11 Å². The van der Waals surface area contributed by atoms with Gasteiger partial charge in [-0.05, 0) is 50.1 Å². The summed E-state index contributed by atoms with van der Waals surface area (Å²) in [6.07, 6.45) is 1.99. The molecule has 1 amide bonds. The Labute approximate surface area is 114 Å². The SMILES string of the molecule is COc1ccc(NC(=O)[C@@H]2CCCN2)c(C)c1.Cl. The van der Waals surface area contributed by atoms with E-state index in [0.29, 0.717) is 0 Å². The summed E-state index contributed by atoms with van der Waals surface area (Å²) in [6, 6.07) is 5.60. The van der Waals surface area contributed by atoms with Gasteiger partial charge in [0.1, 0.15) is 5.75 Å². The maximum atomic E-state index is 11.9. The lowest BCUT2D eigenvalue weighted by molar-refractivity contribution is -0.117. The van der Waals surface area contributed by atoms with E-state index in [1.165, 1.54) is 0 Å². The monoisotopic (exact) mass is 270 g/mol. The molecule has 0 saturated carbocycles. The molecule has 4 nitrogen and oxygen atoms in total. The zero-order chi connectivity index (χ0) is 12.3. The van der Waals surface area contributed by atoms with Crippen molar-refractivity contribution in [1.82, 2.24) is 5.32 Å². The summed E-state index contributed by atoms with van der Waals surface area (Å²) in [5, 5.41) is 6.13. The number of benzene rings is 1. The first-order chi connectivity index (χ1) is 8.20. The zero-order valence-corrected chi connectivity index (χ0v) is 11.5. The molecule has 1 saturated heterocycles. The summed E-state index contributed by atoms with van der Waals surface area (Å²) in [6.45, 7) is 2.89. The van der Waals surface area contributed by atoms with E-state index in [-0.39, 0.29) is 24.4 Å². The molecule has 100 valence electrons. The number of halogens is 1. The molecule has 2 rings (SSSR count). The van der Waals surface area contributed by atoms with Crippen LogP contribution < -0.4 is 15.4 Å². The number of nitrogens with one attached hydrogen (secondary N) is 2. The van der Waals surface area contributed by atoms with Crippen molar-refractivity contribution < 1.29 is 9.53 Å². The van der Waals surface area contributed by atoms with Crippen LogP contribution in [0.4, 0.5) is 5.69 Å². The highest BCUT2D eigenvalue weighted by atomic mass is 35.5. The number of carbonyl (C=O) groups is 1.